The van der Waals surface area contributed by atoms with E-state index in [1.54, 1.807) is 24.3 Å². The topological polar surface area (TPSA) is 74.7 Å². The SMILES string of the molecule is COc1cccc(COc2c(OS(=O)(=O)C(F)(F)F)ccnc2C)c1. The van der Waals surface area contributed by atoms with Crippen molar-refractivity contribution in [1.29, 1.82) is 0 Å². The van der Waals surface area contributed by atoms with Gasteiger partial charge in [0.05, 0.1) is 12.8 Å². The molecule has 1 heterocycles. The number of hydrogen-bond acceptors (Lipinski definition) is 6. The Hall–Kier alpha value is -2.49. The van der Waals surface area contributed by atoms with E-state index in [9.17, 15) is 21.6 Å². The Balaban J connectivity index is 2.26. The number of halogens is 3. The number of aryl methyl sites for hydroxylation is 1. The molecule has 0 aliphatic carbocycles. The number of alkyl halides is 3. The van der Waals surface area contributed by atoms with Crippen molar-refractivity contribution in [2.45, 2.75) is 19.0 Å². The summed E-state index contributed by atoms with van der Waals surface area (Å²) in [5.74, 6) is -0.217. The number of hydrogen-bond donors (Lipinski definition) is 0. The van der Waals surface area contributed by atoms with Gasteiger partial charge in [-0.1, -0.05) is 12.1 Å². The van der Waals surface area contributed by atoms with E-state index in [0.29, 0.717) is 11.3 Å². The summed E-state index contributed by atoms with van der Waals surface area (Å²) >= 11 is 0. The van der Waals surface area contributed by atoms with Gasteiger partial charge in [0.1, 0.15) is 12.4 Å². The molecule has 0 bridgehead atoms. The van der Waals surface area contributed by atoms with Crippen molar-refractivity contribution >= 4 is 10.1 Å². The average molecular weight is 377 g/mol. The van der Waals surface area contributed by atoms with Gasteiger partial charge in [-0.05, 0) is 24.6 Å². The molecule has 0 atom stereocenters. The smallest absolute Gasteiger partial charge is 0.497 e. The van der Waals surface area contributed by atoms with Crippen molar-refractivity contribution in [3.05, 3.63) is 47.8 Å². The van der Waals surface area contributed by atoms with Crippen LogP contribution in [0.25, 0.3) is 0 Å². The molecule has 0 saturated carbocycles. The first kappa shape index (κ1) is 18.8. The van der Waals surface area contributed by atoms with Crippen LogP contribution in [0.2, 0.25) is 0 Å². The van der Waals surface area contributed by atoms with Crippen LogP contribution >= 0.6 is 0 Å². The zero-order chi connectivity index (χ0) is 18.7. The van der Waals surface area contributed by atoms with Crippen LogP contribution in [0.15, 0.2) is 36.5 Å². The Labute approximate surface area is 142 Å². The maximum Gasteiger partial charge on any atom is 0.534 e. The van der Waals surface area contributed by atoms with Crippen LogP contribution in [0, 0.1) is 6.92 Å². The van der Waals surface area contributed by atoms with E-state index in [2.05, 4.69) is 9.17 Å². The second-order valence-corrected chi connectivity index (χ2v) is 6.38. The minimum absolute atomic E-state index is 0.0494. The Morgan fingerprint density at radius 1 is 1.20 bits per heavy atom. The van der Waals surface area contributed by atoms with Crippen molar-refractivity contribution in [2.75, 3.05) is 7.11 Å². The molecule has 2 aromatic rings. The Bertz CT molecular complexity index is 852. The molecular weight excluding hydrogens is 363 g/mol. The molecule has 0 fully saturated rings. The molecule has 6 nitrogen and oxygen atoms in total. The minimum Gasteiger partial charge on any atom is -0.497 e. The van der Waals surface area contributed by atoms with Gasteiger partial charge in [-0.3, -0.25) is 4.98 Å². The summed E-state index contributed by atoms with van der Waals surface area (Å²) in [7, 11) is -4.33. The highest BCUT2D eigenvalue weighted by molar-refractivity contribution is 7.88. The normalized spacial score (nSPS) is 11.9. The number of aromatic nitrogens is 1. The highest BCUT2D eigenvalue weighted by Crippen LogP contribution is 2.34. The first-order chi connectivity index (χ1) is 11.6. The number of nitrogens with zero attached hydrogens (tertiary/aromatic N) is 1. The van der Waals surface area contributed by atoms with Crippen molar-refractivity contribution in [2.24, 2.45) is 0 Å². The summed E-state index contributed by atoms with van der Waals surface area (Å²) < 4.78 is 74.6. The molecule has 2 rings (SSSR count). The minimum atomic E-state index is -5.81. The molecule has 0 aliphatic rings. The second kappa shape index (κ2) is 7.18. The molecule has 0 N–H and O–H groups in total. The lowest BCUT2D eigenvalue weighted by atomic mass is 10.2. The molecule has 10 heteroatoms. The van der Waals surface area contributed by atoms with Gasteiger partial charge in [0.2, 0.25) is 0 Å². The predicted octanol–water partition coefficient (Wildman–Crippen LogP) is 3.21. The van der Waals surface area contributed by atoms with Crippen LogP contribution in [-0.2, 0) is 16.7 Å². The van der Waals surface area contributed by atoms with Gasteiger partial charge in [-0.15, -0.1) is 0 Å². The summed E-state index contributed by atoms with van der Waals surface area (Å²) in [6, 6.07) is 7.78. The number of rotatable bonds is 6. The molecule has 25 heavy (non-hydrogen) atoms. The molecule has 0 aliphatic heterocycles. The third kappa shape index (κ3) is 4.53. The van der Waals surface area contributed by atoms with Crippen LogP contribution in [0.5, 0.6) is 17.2 Å². The van der Waals surface area contributed by atoms with E-state index in [1.165, 1.54) is 14.0 Å². The van der Waals surface area contributed by atoms with Gasteiger partial charge in [-0.2, -0.15) is 21.6 Å². The largest absolute Gasteiger partial charge is 0.534 e. The van der Waals surface area contributed by atoms with Crippen molar-refractivity contribution in [3.63, 3.8) is 0 Å². The van der Waals surface area contributed by atoms with E-state index in [1.807, 2.05) is 0 Å². The Morgan fingerprint density at radius 2 is 1.92 bits per heavy atom. The van der Waals surface area contributed by atoms with Gasteiger partial charge in [-0.25, -0.2) is 0 Å². The lowest BCUT2D eigenvalue weighted by Crippen LogP contribution is -2.28. The third-order valence-corrected chi connectivity index (χ3v) is 4.01. The van der Waals surface area contributed by atoms with Gasteiger partial charge in [0, 0.05) is 12.3 Å². The molecule has 0 amide bonds. The van der Waals surface area contributed by atoms with E-state index in [0.717, 1.165) is 12.3 Å². The standard InChI is InChI=1S/C15H14F3NO5S/c1-10-14(23-9-11-4-3-5-12(8-11)22-2)13(6-7-19-10)24-25(20,21)15(16,17)18/h3-8H,9H2,1-2H3. The molecule has 0 radical (unpaired) electrons. The molecule has 136 valence electrons. The second-order valence-electron chi connectivity index (χ2n) is 4.85. The monoisotopic (exact) mass is 377 g/mol. The molecule has 0 saturated heterocycles. The van der Waals surface area contributed by atoms with E-state index >= 15 is 0 Å². The van der Waals surface area contributed by atoms with Crippen LogP contribution in [0.1, 0.15) is 11.3 Å². The van der Waals surface area contributed by atoms with Crippen LogP contribution in [-0.4, -0.2) is 26.0 Å². The zero-order valence-corrected chi connectivity index (χ0v) is 14.0. The van der Waals surface area contributed by atoms with Crippen LogP contribution < -0.4 is 13.7 Å². The molecule has 0 spiro atoms. The fourth-order valence-corrected chi connectivity index (χ4v) is 2.32. The van der Waals surface area contributed by atoms with Crippen molar-refractivity contribution in [1.82, 2.24) is 4.98 Å². The third-order valence-electron chi connectivity index (χ3n) is 3.05. The van der Waals surface area contributed by atoms with Gasteiger partial charge in [0.15, 0.2) is 11.5 Å². The number of benzene rings is 1. The molecule has 0 unspecified atom stereocenters. The molecule has 1 aromatic carbocycles. The highest BCUT2D eigenvalue weighted by atomic mass is 32.2. The van der Waals surface area contributed by atoms with Gasteiger partial charge < -0.3 is 13.7 Å². The van der Waals surface area contributed by atoms with Gasteiger partial charge in [0.25, 0.3) is 0 Å². The maximum absolute atomic E-state index is 12.5. The van der Waals surface area contributed by atoms with Crippen molar-refractivity contribution in [3.8, 4) is 17.2 Å². The highest BCUT2D eigenvalue weighted by Gasteiger charge is 2.49. The van der Waals surface area contributed by atoms with Crippen LogP contribution in [0.3, 0.4) is 0 Å². The summed E-state index contributed by atoms with van der Waals surface area (Å²) in [6.07, 6.45) is 1.12. The number of pyridine rings is 1. The van der Waals surface area contributed by atoms with Crippen LogP contribution in [0.4, 0.5) is 13.2 Å². The summed E-state index contributed by atoms with van der Waals surface area (Å²) in [5, 5.41) is 0. The fourth-order valence-electron chi connectivity index (χ4n) is 1.85. The zero-order valence-electron chi connectivity index (χ0n) is 13.2. The van der Waals surface area contributed by atoms with E-state index < -0.39 is 21.4 Å². The Kier molecular flexibility index (Phi) is 5.41. The fraction of sp³-hybridized carbons (Fsp3) is 0.267. The first-order valence-corrected chi connectivity index (χ1v) is 8.27. The first-order valence-electron chi connectivity index (χ1n) is 6.86. The van der Waals surface area contributed by atoms with E-state index in [-0.39, 0.29) is 18.1 Å². The van der Waals surface area contributed by atoms with E-state index in [4.69, 9.17) is 9.47 Å². The average Bonchev–Trinajstić information content (AvgIpc) is 2.53. The van der Waals surface area contributed by atoms with Gasteiger partial charge >= 0.3 is 15.6 Å². The van der Waals surface area contributed by atoms with Crippen molar-refractivity contribution < 1.29 is 35.2 Å². The maximum atomic E-state index is 12.5. The lowest BCUT2D eigenvalue weighted by molar-refractivity contribution is -0.0500. The summed E-state index contributed by atoms with van der Waals surface area (Å²) in [4.78, 5) is 3.87. The quantitative estimate of drug-likeness (QED) is 0.569. The summed E-state index contributed by atoms with van der Waals surface area (Å²) in [6.45, 7) is 1.40. The predicted molar refractivity (Wildman–Crippen MR) is 81.9 cm³/mol. The molecular formula is C15H14F3NO5S. The number of ether oxygens (including phenoxy) is 2. The number of methoxy groups -OCH3 is 1. The summed E-state index contributed by atoms with van der Waals surface area (Å²) in [5.41, 5.74) is -4.71. The lowest BCUT2D eigenvalue weighted by Gasteiger charge is -2.15. The molecule has 1 aromatic heterocycles. The Morgan fingerprint density at radius 3 is 2.56 bits per heavy atom.